The molecule has 1 aromatic carbocycles. The van der Waals surface area contributed by atoms with E-state index in [9.17, 15) is 14.0 Å². The van der Waals surface area contributed by atoms with E-state index < -0.39 is 17.6 Å². The number of carbonyl (C=O) groups is 2. The van der Waals surface area contributed by atoms with Crippen molar-refractivity contribution in [3.8, 4) is 0 Å². The summed E-state index contributed by atoms with van der Waals surface area (Å²) in [6.45, 7) is 0.101. The summed E-state index contributed by atoms with van der Waals surface area (Å²) < 4.78 is 17.9. The maximum absolute atomic E-state index is 12.9. The van der Waals surface area contributed by atoms with E-state index in [4.69, 9.17) is 16.0 Å². The van der Waals surface area contributed by atoms with Gasteiger partial charge in [0.1, 0.15) is 11.6 Å². The van der Waals surface area contributed by atoms with Crippen LogP contribution in [-0.2, 0) is 16.1 Å². The zero-order valence-electron chi connectivity index (χ0n) is 10.2. The summed E-state index contributed by atoms with van der Waals surface area (Å²) in [5.74, 6) is -1.79. The predicted molar refractivity (Wildman–Crippen MR) is 70.6 cm³/mol. The van der Waals surface area contributed by atoms with Crippen LogP contribution in [0.25, 0.3) is 0 Å². The largest absolute Gasteiger partial charge is 0.467 e. The summed E-state index contributed by atoms with van der Waals surface area (Å²) in [4.78, 5) is 23.1. The van der Waals surface area contributed by atoms with E-state index in [1.54, 1.807) is 12.1 Å². The van der Waals surface area contributed by atoms with Crippen LogP contribution in [0.4, 0.5) is 10.1 Å². The predicted octanol–water partition coefficient (Wildman–Crippen LogP) is 2.33. The number of nitrogens with one attached hydrogen (secondary N) is 2. The molecule has 0 saturated carbocycles. The number of amides is 2. The van der Waals surface area contributed by atoms with Gasteiger partial charge in [-0.3, -0.25) is 9.59 Å². The molecule has 7 heteroatoms. The Morgan fingerprint density at radius 1 is 1.25 bits per heavy atom. The summed E-state index contributed by atoms with van der Waals surface area (Å²) in [5.41, 5.74) is 0.231. The van der Waals surface area contributed by atoms with Gasteiger partial charge in [0.25, 0.3) is 0 Å². The van der Waals surface area contributed by atoms with Gasteiger partial charge in [-0.1, -0.05) is 11.6 Å². The first-order valence-corrected chi connectivity index (χ1v) is 6.00. The minimum atomic E-state index is -0.876. The van der Waals surface area contributed by atoms with Crippen molar-refractivity contribution < 1.29 is 18.4 Å². The van der Waals surface area contributed by atoms with Gasteiger partial charge in [-0.15, -0.1) is 0 Å². The fourth-order valence-electron chi connectivity index (χ4n) is 1.42. The molecule has 0 unspecified atom stereocenters. The Kier molecular flexibility index (Phi) is 4.37. The lowest BCUT2D eigenvalue weighted by Crippen LogP contribution is -2.34. The minimum Gasteiger partial charge on any atom is -0.467 e. The van der Waals surface area contributed by atoms with E-state index >= 15 is 0 Å². The number of carbonyl (C=O) groups excluding carboxylic acids is 2. The molecule has 0 radical (unpaired) electrons. The minimum absolute atomic E-state index is 0.101. The number of benzene rings is 1. The zero-order chi connectivity index (χ0) is 14.5. The highest BCUT2D eigenvalue weighted by molar-refractivity contribution is 6.39. The van der Waals surface area contributed by atoms with Gasteiger partial charge in [-0.25, -0.2) is 4.39 Å². The molecular weight excluding hydrogens is 287 g/mol. The fraction of sp³-hybridized carbons (Fsp3) is 0.0769. The van der Waals surface area contributed by atoms with Crippen molar-refractivity contribution in [2.75, 3.05) is 5.32 Å². The Balaban J connectivity index is 1.90. The molecule has 104 valence electrons. The molecule has 0 spiro atoms. The summed E-state index contributed by atoms with van der Waals surface area (Å²) in [6.07, 6.45) is 1.46. The normalized spacial score (nSPS) is 10.1. The number of hydrogen-bond donors (Lipinski definition) is 2. The molecule has 0 atom stereocenters. The van der Waals surface area contributed by atoms with Crippen LogP contribution in [-0.4, -0.2) is 11.8 Å². The van der Waals surface area contributed by atoms with E-state index in [-0.39, 0.29) is 17.3 Å². The summed E-state index contributed by atoms with van der Waals surface area (Å²) in [6, 6.07) is 6.95. The molecule has 0 fully saturated rings. The van der Waals surface area contributed by atoms with Crippen molar-refractivity contribution in [2.45, 2.75) is 6.54 Å². The maximum Gasteiger partial charge on any atom is 0.313 e. The molecule has 0 bridgehead atoms. The van der Waals surface area contributed by atoms with Gasteiger partial charge in [0.05, 0.1) is 17.8 Å². The molecule has 2 N–H and O–H groups in total. The van der Waals surface area contributed by atoms with Gasteiger partial charge in [0, 0.05) is 5.69 Å². The van der Waals surface area contributed by atoms with Crippen LogP contribution >= 0.6 is 11.6 Å². The fourth-order valence-corrected chi connectivity index (χ4v) is 1.60. The van der Waals surface area contributed by atoms with E-state index in [1.807, 2.05) is 0 Å². The van der Waals surface area contributed by atoms with E-state index in [2.05, 4.69) is 10.6 Å². The first kappa shape index (κ1) is 14.1. The average molecular weight is 297 g/mol. The number of halogens is 2. The van der Waals surface area contributed by atoms with Crippen molar-refractivity contribution in [1.82, 2.24) is 5.32 Å². The maximum atomic E-state index is 12.9. The standard InChI is InChI=1S/C13H10ClFN2O3/c14-10-6-8(3-4-11(10)15)17-13(19)12(18)16-7-9-2-1-5-20-9/h1-6H,7H2,(H,16,18)(H,17,19). The Morgan fingerprint density at radius 3 is 2.70 bits per heavy atom. The van der Waals surface area contributed by atoms with Crippen LogP contribution < -0.4 is 10.6 Å². The number of hydrogen-bond acceptors (Lipinski definition) is 3. The number of anilines is 1. The van der Waals surface area contributed by atoms with E-state index in [1.165, 1.54) is 18.4 Å². The molecule has 1 heterocycles. The second-order valence-electron chi connectivity index (χ2n) is 3.85. The van der Waals surface area contributed by atoms with Gasteiger partial charge in [-0.05, 0) is 30.3 Å². The first-order valence-electron chi connectivity index (χ1n) is 5.63. The Morgan fingerprint density at radius 2 is 2.05 bits per heavy atom. The molecule has 0 saturated heterocycles. The molecule has 0 aliphatic heterocycles. The summed E-state index contributed by atoms with van der Waals surface area (Å²) >= 11 is 5.57. The highest BCUT2D eigenvalue weighted by Crippen LogP contribution is 2.19. The molecule has 20 heavy (non-hydrogen) atoms. The lowest BCUT2D eigenvalue weighted by Gasteiger charge is -2.06. The van der Waals surface area contributed by atoms with Crippen molar-refractivity contribution in [1.29, 1.82) is 0 Å². The number of rotatable bonds is 3. The third-order valence-electron chi connectivity index (χ3n) is 2.39. The molecule has 2 amide bonds. The lowest BCUT2D eigenvalue weighted by molar-refractivity contribution is -0.136. The van der Waals surface area contributed by atoms with E-state index in [0.717, 1.165) is 6.07 Å². The molecule has 0 aliphatic rings. The second kappa shape index (κ2) is 6.21. The average Bonchev–Trinajstić information content (AvgIpc) is 2.93. The van der Waals surface area contributed by atoms with Gasteiger partial charge in [0.15, 0.2) is 0 Å². The monoisotopic (exact) mass is 296 g/mol. The van der Waals surface area contributed by atoms with Crippen LogP contribution in [0.5, 0.6) is 0 Å². The summed E-state index contributed by atoms with van der Waals surface area (Å²) in [7, 11) is 0. The van der Waals surface area contributed by atoms with Gasteiger partial charge >= 0.3 is 11.8 Å². The van der Waals surface area contributed by atoms with Crippen LogP contribution in [0.2, 0.25) is 5.02 Å². The Bertz CT molecular complexity index is 629. The van der Waals surface area contributed by atoms with Crippen LogP contribution in [0.3, 0.4) is 0 Å². The molecule has 2 aromatic rings. The third kappa shape index (κ3) is 3.58. The Hall–Kier alpha value is -2.34. The quantitative estimate of drug-likeness (QED) is 0.854. The first-order chi connectivity index (χ1) is 9.56. The van der Waals surface area contributed by atoms with Crippen LogP contribution in [0, 0.1) is 5.82 Å². The third-order valence-corrected chi connectivity index (χ3v) is 2.68. The topological polar surface area (TPSA) is 71.3 Å². The smallest absolute Gasteiger partial charge is 0.313 e. The zero-order valence-corrected chi connectivity index (χ0v) is 10.9. The molecule has 5 nitrogen and oxygen atoms in total. The van der Waals surface area contributed by atoms with Crippen molar-refractivity contribution in [2.24, 2.45) is 0 Å². The van der Waals surface area contributed by atoms with Crippen LogP contribution in [0.15, 0.2) is 41.0 Å². The highest BCUT2D eigenvalue weighted by atomic mass is 35.5. The van der Waals surface area contributed by atoms with Gasteiger partial charge in [0.2, 0.25) is 0 Å². The lowest BCUT2D eigenvalue weighted by atomic mass is 10.3. The van der Waals surface area contributed by atoms with Crippen molar-refractivity contribution >= 4 is 29.1 Å². The van der Waals surface area contributed by atoms with Gasteiger partial charge in [-0.2, -0.15) is 0 Å². The molecule has 1 aromatic heterocycles. The molecule has 2 rings (SSSR count). The second-order valence-corrected chi connectivity index (χ2v) is 4.25. The molecule has 0 aliphatic carbocycles. The van der Waals surface area contributed by atoms with E-state index in [0.29, 0.717) is 5.76 Å². The van der Waals surface area contributed by atoms with Crippen molar-refractivity contribution in [3.05, 3.63) is 53.2 Å². The highest BCUT2D eigenvalue weighted by Gasteiger charge is 2.14. The van der Waals surface area contributed by atoms with Crippen molar-refractivity contribution in [3.63, 3.8) is 0 Å². The SMILES string of the molecule is O=C(NCc1ccco1)C(=O)Nc1ccc(F)c(Cl)c1. The number of furan rings is 1. The Labute approximate surface area is 118 Å². The van der Waals surface area contributed by atoms with Crippen LogP contribution in [0.1, 0.15) is 5.76 Å². The summed E-state index contributed by atoms with van der Waals surface area (Å²) in [5, 5.41) is 4.55. The molecular formula is C13H10ClFN2O3. The van der Waals surface area contributed by atoms with Gasteiger partial charge < -0.3 is 15.1 Å².